The molecule has 0 radical (unpaired) electrons. The van der Waals surface area contributed by atoms with E-state index in [2.05, 4.69) is 60.4 Å². The van der Waals surface area contributed by atoms with Gasteiger partial charge < -0.3 is 10.6 Å². The van der Waals surface area contributed by atoms with Crippen molar-refractivity contribution in [2.45, 2.75) is 39.3 Å². The highest BCUT2D eigenvalue weighted by Crippen LogP contribution is 2.22. The third-order valence-corrected chi connectivity index (χ3v) is 4.93. The fourth-order valence-corrected chi connectivity index (χ4v) is 3.21. The van der Waals surface area contributed by atoms with Gasteiger partial charge >= 0.3 is 0 Å². The summed E-state index contributed by atoms with van der Waals surface area (Å²) in [6.45, 7) is 7.44. The van der Waals surface area contributed by atoms with Crippen LogP contribution in [0.25, 0.3) is 0 Å². The van der Waals surface area contributed by atoms with Crippen molar-refractivity contribution < 1.29 is 12.8 Å². The van der Waals surface area contributed by atoms with Gasteiger partial charge in [0.05, 0.1) is 11.9 Å². The van der Waals surface area contributed by atoms with E-state index in [-0.39, 0.29) is 11.1 Å². The maximum absolute atomic E-state index is 13.7. The molecule has 28 heavy (non-hydrogen) atoms. The minimum Gasteiger partial charge on any atom is -0.359 e. The van der Waals surface area contributed by atoms with Crippen LogP contribution in [-0.4, -0.2) is 19.8 Å². The number of nitrogens with one attached hydrogen (secondary N) is 3. The third-order valence-electron chi connectivity index (χ3n) is 4.05. The molecule has 3 N–H and O–H groups in total. The normalized spacial score (nSPS) is 11.8. The zero-order valence-electron chi connectivity index (χ0n) is 16.5. The number of sulfonamides is 1. The number of halogens is 1. The molecule has 2 aromatic rings. The SMILES string of the molecule is CC(C)(C)c1ccc(CNC(=S)NCc2ccc(F)c(NS(C)(=O)=O)c2)cc1. The summed E-state index contributed by atoms with van der Waals surface area (Å²) in [5, 5.41) is 6.62. The van der Waals surface area contributed by atoms with Crippen LogP contribution in [0.15, 0.2) is 42.5 Å². The standard InChI is InChI=1S/C20H26FN3O2S2/c1-20(2,3)16-8-5-14(6-9-16)12-22-19(27)23-13-15-7-10-17(21)18(11-15)24-28(4,25)26/h5-11,24H,12-13H2,1-4H3,(H2,22,23,27). The molecule has 0 aliphatic heterocycles. The molecule has 0 fully saturated rings. The second kappa shape index (κ2) is 8.87. The van der Waals surface area contributed by atoms with Crippen LogP contribution in [0.2, 0.25) is 0 Å². The number of thiocarbonyl (C=S) groups is 1. The quantitative estimate of drug-likeness (QED) is 0.619. The maximum atomic E-state index is 13.7. The van der Waals surface area contributed by atoms with Crippen molar-refractivity contribution in [2.24, 2.45) is 0 Å². The predicted molar refractivity (Wildman–Crippen MR) is 116 cm³/mol. The van der Waals surface area contributed by atoms with Gasteiger partial charge in [-0.1, -0.05) is 51.1 Å². The number of hydrogen-bond donors (Lipinski definition) is 3. The predicted octanol–water partition coefficient (Wildman–Crippen LogP) is 3.66. The highest BCUT2D eigenvalue weighted by molar-refractivity contribution is 7.92. The van der Waals surface area contributed by atoms with Gasteiger partial charge in [0.25, 0.3) is 0 Å². The van der Waals surface area contributed by atoms with Gasteiger partial charge in [-0.15, -0.1) is 0 Å². The Morgan fingerprint density at radius 1 is 1.00 bits per heavy atom. The van der Waals surface area contributed by atoms with Crippen molar-refractivity contribution in [3.63, 3.8) is 0 Å². The Morgan fingerprint density at radius 3 is 2.07 bits per heavy atom. The third kappa shape index (κ3) is 7.09. The molecule has 0 bridgehead atoms. The Kier molecular flexibility index (Phi) is 7.01. The average Bonchev–Trinajstić information content (AvgIpc) is 2.59. The zero-order valence-corrected chi connectivity index (χ0v) is 18.1. The smallest absolute Gasteiger partial charge is 0.229 e. The van der Waals surface area contributed by atoms with Crippen LogP contribution in [0.3, 0.4) is 0 Å². The van der Waals surface area contributed by atoms with E-state index in [0.717, 1.165) is 11.8 Å². The zero-order chi connectivity index (χ0) is 20.9. The maximum Gasteiger partial charge on any atom is 0.229 e. The van der Waals surface area contributed by atoms with E-state index in [1.54, 1.807) is 6.07 Å². The minimum absolute atomic E-state index is 0.0837. The molecule has 0 unspecified atom stereocenters. The summed E-state index contributed by atoms with van der Waals surface area (Å²) in [7, 11) is -3.55. The van der Waals surface area contributed by atoms with Crippen molar-refractivity contribution in [1.82, 2.24) is 10.6 Å². The van der Waals surface area contributed by atoms with Gasteiger partial charge in [0.1, 0.15) is 5.82 Å². The molecule has 0 aromatic heterocycles. The van der Waals surface area contributed by atoms with Crippen LogP contribution in [0.5, 0.6) is 0 Å². The fraction of sp³-hybridized carbons (Fsp3) is 0.350. The second-order valence-electron chi connectivity index (χ2n) is 7.67. The van der Waals surface area contributed by atoms with E-state index in [9.17, 15) is 12.8 Å². The lowest BCUT2D eigenvalue weighted by Crippen LogP contribution is -2.34. The van der Waals surface area contributed by atoms with Gasteiger partial charge in [0.15, 0.2) is 5.11 Å². The Morgan fingerprint density at radius 2 is 1.54 bits per heavy atom. The van der Waals surface area contributed by atoms with E-state index in [1.165, 1.54) is 17.7 Å². The van der Waals surface area contributed by atoms with Gasteiger partial charge in [-0.2, -0.15) is 0 Å². The summed E-state index contributed by atoms with van der Waals surface area (Å²) in [5.41, 5.74) is 3.11. The number of hydrogen-bond acceptors (Lipinski definition) is 3. The first-order valence-corrected chi connectivity index (χ1v) is 11.1. The van der Waals surface area contributed by atoms with E-state index < -0.39 is 15.8 Å². The second-order valence-corrected chi connectivity index (χ2v) is 9.83. The lowest BCUT2D eigenvalue weighted by Gasteiger charge is -2.19. The van der Waals surface area contributed by atoms with Crippen LogP contribution >= 0.6 is 12.2 Å². The van der Waals surface area contributed by atoms with Gasteiger partial charge in [-0.3, -0.25) is 4.72 Å². The van der Waals surface area contributed by atoms with Gasteiger partial charge in [0, 0.05) is 13.1 Å². The summed E-state index contributed by atoms with van der Waals surface area (Å²) >= 11 is 5.28. The lowest BCUT2D eigenvalue weighted by atomic mass is 9.87. The van der Waals surface area contributed by atoms with Crippen molar-refractivity contribution in [3.8, 4) is 0 Å². The van der Waals surface area contributed by atoms with Crippen LogP contribution in [-0.2, 0) is 28.5 Å². The van der Waals surface area contributed by atoms with Crippen LogP contribution in [0, 0.1) is 5.82 Å². The van der Waals surface area contributed by atoms with Crippen molar-refractivity contribution >= 4 is 33.0 Å². The first kappa shape index (κ1) is 22.1. The Labute approximate surface area is 171 Å². The minimum atomic E-state index is -3.55. The number of benzene rings is 2. The summed E-state index contributed by atoms with van der Waals surface area (Å²) in [6, 6.07) is 12.6. The van der Waals surface area contributed by atoms with E-state index in [0.29, 0.717) is 23.8 Å². The first-order chi connectivity index (χ1) is 12.9. The van der Waals surface area contributed by atoms with Crippen LogP contribution in [0.4, 0.5) is 10.1 Å². The molecule has 0 aliphatic carbocycles. The summed E-state index contributed by atoms with van der Waals surface area (Å²) in [4.78, 5) is 0. The molecule has 0 atom stereocenters. The summed E-state index contributed by atoms with van der Waals surface area (Å²) < 4.78 is 38.5. The van der Waals surface area contributed by atoms with Crippen molar-refractivity contribution in [3.05, 3.63) is 65.0 Å². The highest BCUT2D eigenvalue weighted by atomic mass is 32.2. The van der Waals surface area contributed by atoms with E-state index >= 15 is 0 Å². The number of rotatable bonds is 6. The molecule has 2 aromatic carbocycles. The molecule has 8 heteroatoms. The molecule has 0 spiro atoms. The Bertz CT molecular complexity index is 937. The fourth-order valence-electron chi connectivity index (χ4n) is 2.51. The lowest BCUT2D eigenvalue weighted by molar-refractivity contribution is 0.590. The van der Waals surface area contributed by atoms with E-state index in [4.69, 9.17) is 12.2 Å². The largest absolute Gasteiger partial charge is 0.359 e. The molecule has 0 saturated heterocycles. The topological polar surface area (TPSA) is 70.2 Å². The van der Waals surface area contributed by atoms with Gasteiger partial charge in [-0.25, -0.2) is 12.8 Å². The molecule has 5 nitrogen and oxygen atoms in total. The molecule has 0 saturated carbocycles. The summed E-state index contributed by atoms with van der Waals surface area (Å²) in [6.07, 6.45) is 0.977. The van der Waals surface area contributed by atoms with Crippen molar-refractivity contribution in [1.29, 1.82) is 0 Å². The summed E-state index contributed by atoms with van der Waals surface area (Å²) in [5.74, 6) is -0.631. The van der Waals surface area contributed by atoms with Crippen LogP contribution in [0.1, 0.15) is 37.5 Å². The molecule has 2 rings (SSSR count). The molecular weight excluding hydrogens is 397 g/mol. The van der Waals surface area contributed by atoms with Crippen molar-refractivity contribution in [2.75, 3.05) is 11.0 Å². The molecule has 0 aliphatic rings. The van der Waals surface area contributed by atoms with Gasteiger partial charge in [-0.05, 0) is 46.5 Å². The molecular formula is C20H26FN3O2S2. The molecule has 0 heterocycles. The van der Waals surface area contributed by atoms with Crippen LogP contribution < -0.4 is 15.4 Å². The first-order valence-electron chi connectivity index (χ1n) is 8.81. The Hall–Kier alpha value is -2.19. The van der Waals surface area contributed by atoms with Gasteiger partial charge in [0.2, 0.25) is 10.0 Å². The Balaban J connectivity index is 1.88. The highest BCUT2D eigenvalue weighted by Gasteiger charge is 2.13. The molecule has 0 amide bonds. The monoisotopic (exact) mass is 423 g/mol. The number of anilines is 1. The van der Waals surface area contributed by atoms with E-state index in [1.807, 2.05) is 0 Å². The average molecular weight is 424 g/mol. The molecule has 152 valence electrons.